The van der Waals surface area contributed by atoms with Crippen LogP contribution in [0, 0.1) is 11.2 Å². The normalized spacial score (nSPS) is 28.6. The number of hydrogen-bond donors (Lipinski definition) is 1. The number of ether oxygens (including phenoxy) is 1. The van der Waals surface area contributed by atoms with Crippen LogP contribution >= 0.6 is 0 Å². The second-order valence-electron chi connectivity index (χ2n) is 7.64. The van der Waals surface area contributed by atoms with Crippen LogP contribution in [0.2, 0.25) is 0 Å². The fourth-order valence-corrected chi connectivity index (χ4v) is 4.25. The number of nitrogens with zero attached hydrogens (tertiary/aromatic N) is 2. The third-order valence-electron chi connectivity index (χ3n) is 6.02. The predicted octanol–water partition coefficient (Wildman–Crippen LogP) is 2.55. The molecule has 2 saturated heterocycles. The quantitative estimate of drug-likeness (QED) is 0.683. The maximum absolute atomic E-state index is 14.2. The summed E-state index contributed by atoms with van der Waals surface area (Å²) in [5.74, 6) is 0.858. The molecule has 3 aliphatic rings. The van der Waals surface area contributed by atoms with E-state index in [1.54, 1.807) is 12.1 Å². The molecule has 1 aliphatic carbocycles. The number of guanidine groups is 1. The number of nitrogens with one attached hydrogen (secondary N) is 1. The lowest BCUT2D eigenvalue weighted by molar-refractivity contribution is 0.156. The second-order valence-corrected chi connectivity index (χ2v) is 7.64. The van der Waals surface area contributed by atoms with E-state index in [1.807, 2.05) is 19.2 Å². The minimum atomic E-state index is -0.0879. The molecule has 1 spiro atoms. The Labute approximate surface area is 143 Å². The van der Waals surface area contributed by atoms with E-state index in [0.29, 0.717) is 5.41 Å². The molecule has 0 radical (unpaired) electrons. The van der Waals surface area contributed by atoms with Crippen LogP contribution in [-0.2, 0) is 10.2 Å². The van der Waals surface area contributed by atoms with Gasteiger partial charge in [0.15, 0.2) is 5.96 Å². The number of aliphatic imine (C=N–C) groups is 1. The van der Waals surface area contributed by atoms with Gasteiger partial charge in [-0.25, -0.2) is 4.39 Å². The molecule has 1 unspecified atom stereocenters. The molecule has 3 fully saturated rings. The molecule has 5 heteroatoms. The molecular formula is C19H26FN3O. The third kappa shape index (κ3) is 2.79. The number of halogens is 1. The predicted molar refractivity (Wildman–Crippen MR) is 92.7 cm³/mol. The molecule has 2 heterocycles. The van der Waals surface area contributed by atoms with Crippen molar-refractivity contribution in [3.63, 3.8) is 0 Å². The van der Waals surface area contributed by atoms with E-state index in [1.165, 1.54) is 6.42 Å². The first-order valence-corrected chi connectivity index (χ1v) is 8.95. The summed E-state index contributed by atoms with van der Waals surface area (Å²) >= 11 is 0. The van der Waals surface area contributed by atoms with Crippen LogP contribution in [0.1, 0.15) is 31.2 Å². The monoisotopic (exact) mass is 331 g/mol. The first kappa shape index (κ1) is 15.9. The van der Waals surface area contributed by atoms with Crippen molar-refractivity contribution in [3.8, 4) is 0 Å². The summed E-state index contributed by atoms with van der Waals surface area (Å²) in [6.45, 7) is 4.55. The van der Waals surface area contributed by atoms with Crippen molar-refractivity contribution in [3.05, 3.63) is 35.6 Å². The van der Waals surface area contributed by atoms with Crippen LogP contribution in [0.25, 0.3) is 0 Å². The lowest BCUT2D eigenvalue weighted by atomic mass is 9.87. The van der Waals surface area contributed by atoms with Crippen LogP contribution < -0.4 is 5.32 Å². The molecule has 2 aliphatic heterocycles. The van der Waals surface area contributed by atoms with Crippen LogP contribution in [0.4, 0.5) is 4.39 Å². The van der Waals surface area contributed by atoms with Crippen molar-refractivity contribution in [2.75, 3.05) is 39.9 Å². The highest BCUT2D eigenvalue weighted by atomic mass is 19.1. The van der Waals surface area contributed by atoms with Gasteiger partial charge >= 0.3 is 0 Å². The highest BCUT2D eigenvalue weighted by molar-refractivity contribution is 5.80. The van der Waals surface area contributed by atoms with Gasteiger partial charge in [-0.15, -0.1) is 0 Å². The van der Waals surface area contributed by atoms with Gasteiger partial charge < -0.3 is 15.0 Å². The van der Waals surface area contributed by atoms with Gasteiger partial charge in [0.2, 0.25) is 0 Å². The van der Waals surface area contributed by atoms with Gasteiger partial charge in [0.1, 0.15) is 5.82 Å². The van der Waals surface area contributed by atoms with Crippen LogP contribution in [0.5, 0.6) is 0 Å². The van der Waals surface area contributed by atoms with Gasteiger partial charge in [-0.2, -0.15) is 0 Å². The average molecular weight is 331 g/mol. The van der Waals surface area contributed by atoms with Crippen LogP contribution in [0.3, 0.4) is 0 Å². The van der Waals surface area contributed by atoms with Crippen LogP contribution in [-0.4, -0.2) is 50.8 Å². The minimum Gasteiger partial charge on any atom is -0.381 e. The summed E-state index contributed by atoms with van der Waals surface area (Å²) < 4.78 is 19.8. The molecule has 1 N–H and O–H groups in total. The molecule has 24 heavy (non-hydrogen) atoms. The third-order valence-corrected chi connectivity index (χ3v) is 6.02. The molecule has 1 saturated carbocycles. The summed E-state index contributed by atoms with van der Waals surface area (Å²) in [4.78, 5) is 6.81. The summed E-state index contributed by atoms with van der Waals surface area (Å²) in [7, 11) is 1.83. The van der Waals surface area contributed by atoms with E-state index in [0.717, 1.165) is 63.6 Å². The zero-order valence-corrected chi connectivity index (χ0v) is 14.4. The van der Waals surface area contributed by atoms with Crippen molar-refractivity contribution in [1.82, 2.24) is 10.2 Å². The fraction of sp³-hybridized carbons (Fsp3) is 0.632. The fourth-order valence-electron chi connectivity index (χ4n) is 4.25. The van der Waals surface area contributed by atoms with Gasteiger partial charge in [-0.05, 0) is 37.3 Å². The summed E-state index contributed by atoms with van der Waals surface area (Å²) in [5, 5.41) is 3.51. The van der Waals surface area contributed by atoms with Crippen molar-refractivity contribution >= 4 is 5.96 Å². The summed E-state index contributed by atoms with van der Waals surface area (Å²) in [5.41, 5.74) is 1.10. The minimum absolute atomic E-state index is 0.0604. The van der Waals surface area contributed by atoms with Gasteiger partial charge in [-0.3, -0.25) is 4.99 Å². The zero-order valence-electron chi connectivity index (χ0n) is 14.4. The smallest absolute Gasteiger partial charge is 0.193 e. The Hall–Kier alpha value is -1.62. The van der Waals surface area contributed by atoms with E-state index < -0.39 is 0 Å². The lowest BCUT2D eigenvalue weighted by Crippen LogP contribution is -2.44. The Bertz CT molecular complexity index is 635. The Morgan fingerprint density at radius 1 is 1.29 bits per heavy atom. The Morgan fingerprint density at radius 3 is 2.79 bits per heavy atom. The first-order chi connectivity index (χ1) is 11.7. The van der Waals surface area contributed by atoms with Gasteiger partial charge in [0.05, 0.1) is 6.61 Å². The number of rotatable bonds is 3. The van der Waals surface area contributed by atoms with E-state index in [-0.39, 0.29) is 11.2 Å². The molecule has 1 aromatic rings. The maximum atomic E-state index is 14.2. The average Bonchev–Trinajstić information content (AvgIpc) is 3.05. The van der Waals surface area contributed by atoms with Crippen molar-refractivity contribution in [2.24, 2.45) is 10.4 Å². The Balaban J connectivity index is 1.41. The van der Waals surface area contributed by atoms with Crippen molar-refractivity contribution < 1.29 is 9.13 Å². The highest BCUT2D eigenvalue weighted by Gasteiger charge is 2.47. The first-order valence-electron chi connectivity index (χ1n) is 8.95. The zero-order chi connectivity index (χ0) is 16.6. The van der Waals surface area contributed by atoms with Gasteiger partial charge in [-0.1, -0.05) is 18.2 Å². The maximum Gasteiger partial charge on any atom is 0.193 e. The van der Waals surface area contributed by atoms with Crippen LogP contribution in [0.15, 0.2) is 29.3 Å². The molecule has 130 valence electrons. The molecule has 4 nitrogen and oxygen atoms in total. The molecule has 0 aromatic heterocycles. The number of likely N-dealkylation sites (tertiary alicyclic amines) is 1. The van der Waals surface area contributed by atoms with E-state index in [9.17, 15) is 4.39 Å². The SMILES string of the molecule is CN=C(NCC1(c2ccccc2F)CC1)N1CCC2(CCOC2)C1. The topological polar surface area (TPSA) is 36.9 Å². The molecule has 1 atom stereocenters. The standard InChI is InChI=1S/C19H26FN3O/c1-21-17(23-10-8-18(13-23)9-11-24-14-18)22-12-19(6-7-19)15-4-2-3-5-16(15)20/h2-5H,6-14H2,1H3,(H,21,22). The van der Waals surface area contributed by atoms with E-state index >= 15 is 0 Å². The molecule has 0 amide bonds. The van der Waals surface area contributed by atoms with Gasteiger partial charge in [0.25, 0.3) is 0 Å². The molecule has 4 rings (SSSR count). The number of hydrogen-bond acceptors (Lipinski definition) is 2. The molecule has 0 bridgehead atoms. The van der Waals surface area contributed by atoms with Gasteiger partial charge in [0, 0.05) is 44.1 Å². The second kappa shape index (κ2) is 6.03. The molecular weight excluding hydrogens is 305 g/mol. The Morgan fingerprint density at radius 2 is 2.12 bits per heavy atom. The van der Waals surface area contributed by atoms with Crippen molar-refractivity contribution in [1.29, 1.82) is 0 Å². The molecule has 1 aromatic carbocycles. The summed E-state index contributed by atoms with van der Waals surface area (Å²) in [6, 6.07) is 7.17. The summed E-state index contributed by atoms with van der Waals surface area (Å²) in [6.07, 6.45) is 4.40. The van der Waals surface area contributed by atoms with E-state index in [4.69, 9.17) is 4.74 Å². The number of benzene rings is 1. The van der Waals surface area contributed by atoms with E-state index in [2.05, 4.69) is 15.2 Å². The lowest BCUT2D eigenvalue weighted by Gasteiger charge is -2.26. The van der Waals surface area contributed by atoms with Crippen molar-refractivity contribution in [2.45, 2.75) is 31.1 Å². The largest absolute Gasteiger partial charge is 0.381 e. The Kier molecular flexibility index (Phi) is 3.99. The highest BCUT2D eigenvalue weighted by Crippen LogP contribution is 2.48.